The summed E-state index contributed by atoms with van der Waals surface area (Å²) < 4.78 is 56.2. The van der Waals surface area contributed by atoms with Gasteiger partial charge in [-0.05, 0) is 42.7 Å². The van der Waals surface area contributed by atoms with Crippen LogP contribution >= 0.6 is 0 Å². The summed E-state index contributed by atoms with van der Waals surface area (Å²) in [6.07, 6.45) is 5.87. The Kier molecular flexibility index (Phi) is 5.25. The summed E-state index contributed by atoms with van der Waals surface area (Å²) in [6, 6.07) is 7.73. The average molecular weight is 474 g/mol. The van der Waals surface area contributed by atoms with Crippen molar-refractivity contribution in [2.45, 2.75) is 36.2 Å². The number of halogens is 2. The van der Waals surface area contributed by atoms with E-state index in [1.54, 1.807) is 29.6 Å². The van der Waals surface area contributed by atoms with Crippen molar-refractivity contribution in [3.63, 3.8) is 0 Å². The number of carbonyl (C=O) groups excluding carboxylic acids is 1. The molecule has 172 valence electrons. The van der Waals surface area contributed by atoms with E-state index < -0.39 is 32.1 Å². The van der Waals surface area contributed by atoms with E-state index in [2.05, 4.69) is 10.1 Å². The predicted molar refractivity (Wildman–Crippen MR) is 115 cm³/mol. The van der Waals surface area contributed by atoms with Crippen LogP contribution in [0.2, 0.25) is 0 Å². The first-order chi connectivity index (χ1) is 15.8. The molecule has 1 fully saturated rings. The van der Waals surface area contributed by atoms with Gasteiger partial charge in [-0.3, -0.25) is 14.7 Å². The molecule has 33 heavy (non-hydrogen) atoms. The fourth-order valence-electron chi connectivity index (χ4n) is 4.64. The van der Waals surface area contributed by atoms with Crippen LogP contribution in [0.5, 0.6) is 0 Å². The Hall–Kier alpha value is -3.18. The van der Waals surface area contributed by atoms with E-state index in [0.29, 0.717) is 31.3 Å². The molecule has 3 aromatic rings. The largest absolute Gasteiger partial charge is 0.292 e. The van der Waals surface area contributed by atoms with Gasteiger partial charge in [0.15, 0.2) is 0 Å². The highest BCUT2D eigenvalue weighted by Gasteiger charge is 2.47. The van der Waals surface area contributed by atoms with E-state index in [-0.39, 0.29) is 25.4 Å². The van der Waals surface area contributed by atoms with Gasteiger partial charge in [-0.2, -0.15) is 9.40 Å². The molecule has 0 N–H and O–H groups in total. The standard InChI is InChI=1S/C22H21F2N5O3S/c23-17-11-18(24)13-19(12-17)33(31,32)27-9-4-22(5-10-27)14-21(30)28(20-3-8-26-29(20)22)15-16-1-6-25-7-2-16/h1-3,6-8,11-13H,4-5,9-10,14-15H2. The molecule has 0 saturated carbocycles. The van der Waals surface area contributed by atoms with E-state index in [1.807, 2.05) is 16.8 Å². The van der Waals surface area contributed by atoms with E-state index >= 15 is 0 Å². The summed E-state index contributed by atoms with van der Waals surface area (Å²) in [7, 11) is -4.07. The SMILES string of the molecule is O=C1CC2(CCN(S(=O)(=O)c3cc(F)cc(F)c3)CC2)n2nccc2N1Cc1ccncc1. The zero-order chi connectivity index (χ0) is 23.2. The second kappa shape index (κ2) is 7.99. The zero-order valence-corrected chi connectivity index (χ0v) is 18.4. The second-order valence-electron chi connectivity index (χ2n) is 8.35. The van der Waals surface area contributed by atoms with Crippen LogP contribution in [-0.2, 0) is 26.9 Å². The van der Waals surface area contributed by atoms with E-state index in [0.717, 1.165) is 17.7 Å². The molecule has 0 atom stereocenters. The van der Waals surface area contributed by atoms with Crippen LogP contribution in [0, 0.1) is 11.6 Å². The van der Waals surface area contributed by atoms with Crippen molar-refractivity contribution in [3.8, 4) is 0 Å². The van der Waals surface area contributed by atoms with Crippen LogP contribution in [0.15, 0.2) is 59.9 Å². The molecule has 11 heteroatoms. The van der Waals surface area contributed by atoms with Gasteiger partial charge in [0.2, 0.25) is 15.9 Å². The van der Waals surface area contributed by atoms with Crippen molar-refractivity contribution in [3.05, 3.63) is 72.2 Å². The molecule has 0 unspecified atom stereocenters. The lowest BCUT2D eigenvalue weighted by Gasteiger charge is -2.46. The van der Waals surface area contributed by atoms with Crippen LogP contribution < -0.4 is 4.90 Å². The average Bonchev–Trinajstić information content (AvgIpc) is 3.28. The maximum atomic E-state index is 13.6. The highest BCUT2D eigenvalue weighted by atomic mass is 32.2. The van der Waals surface area contributed by atoms with Gasteiger partial charge in [-0.15, -0.1) is 0 Å². The molecule has 0 bridgehead atoms. The molecule has 2 aliphatic rings. The molecule has 0 radical (unpaired) electrons. The molecular weight excluding hydrogens is 452 g/mol. The van der Waals surface area contributed by atoms with Crippen LogP contribution in [0.3, 0.4) is 0 Å². The topological polar surface area (TPSA) is 88.4 Å². The minimum atomic E-state index is -4.07. The number of benzene rings is 1. The van der Waals surface area contributed by atoms with Gasteiger partial charge in [-0.1, -0.05) is 0 Å². The molecule has 5 rings (SSSR count). The van der Waals surface area contributed by atoms with E-state index in [4.69, 9.17) is 0 Å². The highest BCUT2D eigenvalue weighted by Crippen LogP contribution is 2.42. The Morgan fingerprint density at radius 1 is 0.970 bits per heavy atom. The second-order valence-corrected chi connectivity index (χ2v) is 10.3. The van der Waals surface area contributed by atoms with Crippen molar-refractivity contribution in [2.75, 3.05) is 18.0 Å². The lowest BCUT2D eigenvalue weighted by atomic mass is 9.83. The first-order valence-corrected chi connectivity index (χ1v) is 11.9. The minimum Gasteiger partial charge on any atom is -0.292 e. The Morgan fingerprint density at radius 3 is 2.30 bits per heavy atom. The molecule has 1 saturated heterocycles. The van der Waals surface area contributed by atoms with Crippen molar-refractivity contribution < 1.29 is 22.0 Å². The molecule has 4 heterocycles. The summed E-state index contributed by atoms with van der Waals surface area (Å²) in [5.41, 5.74) is 0.287. The highest BCUT2D eigenvalue weighted by molar-refractivity contribution is 7.89. The molecule has 1 amide bonds. The summed E-state index contributed by atoms with van der Waals surface area (Å²) >= 11 is 0. The third kappa shape index (κ3) is 3.80. The number of sulfonamides is 1. The monoisotopic (exact) mass is 473 g/mol. The number of amides is 1. The summed E-state index contributed by atoms with van der Waals surface area (Å²) in [5, 5.41) is 4.47. The van der Waals surface area contributed by atoms with Gasteiger partial charge < -0.3 is 0 Å². The summed E-state index contributed by atoms with van der Waals surface area (Å²) in [6.45, 7) is 0.601. The van der Waals surface area contributed by atoms with Gasteiger partial charge in [0.1, 0.15) is 17.5 Å². The number of pyridine rings is 1. The maximum Gasteiger partial charge on any atom is 0.243 e. The first kappa shape index (κ1) is 21.7. The number of hydrogen-bond acceptors (Lipinski definition) is 5. The minimum absolute atomic E-state index is 0.0664. The van der Waals surface area contributed by atoms with Crippen LogP contribution in [0.1, 0.15) is 24.8 Å². The van der Waals surface area contributed by atoms with Gasteiger partial charge in [0.05, 0.1) is 29.6 Å². The molecule has 0 aliphatic carbocycles. The quantitative estimate of drug-likeness (QED) is 0.581. The number of fused-ring (bicyclic) bond motifs is 2. The molecule has 2 aromatic heterocycles. The Labute approximate surface area is 189 Å². The van der Waals surface area contributed by atoms with Gasteiger partial charge >= 0.3 is 0 Å². The fourth-order valence-corrected chi connectivity index (χ4v) is 6.13. The summed E-state index contributed by atoms with van der Waals surface area (Å²) in [5.74, 6) is -1.30. The first-order valence-electron chi connectivity index (χ1n) is 10.5. The summed E-state index contributed by atoms with van der Waals surface area (Å²) in [4.78, 5) is 18.4. The van der Waals surface area contributed by atoms with E-state index in [1.165, 1.54) is 4.31 Å². The molecule has 1 aromatic carbocycles. The smallest absolute Gasteiger partial charge is 0.243 e. The molecular formula is C22H21F2N5O3S. The third-order valence-corrected chi connectivity index (χ3v) is 8.22. The molecule has 1 spiro atoms. The fraction of sp³-hybridized carbons (Fsp3) is 0.318. The number of piperidine rings is 1. The molecule has 2 aliphatic heterocycles. The normalized spacial score (nSPS) is 18.5. The number of aromatic nitrogens is 3. The Balaban J connectivity index is 1.39. The Morgan fingerprint density at radius 2 is 1.64 bits per heavy atom. The number of carbonyl (C=O) groups is 1. The van der Waals surface area contributed by atoms with Gasteiger partial charge in [0.25, 0.3) is 0 Å². The van der Waals surface area contributed by atoms with E-state index in [9.17, 15) is 22.0 Å². The van der Waals surface area contributed by atoms with Crippen molar-refractivity contribution in [1.29, 1.82) is 0 Å². The lowest BCUT2D eigenvalue weighted by Crippen LogP contribution is -2.54. The zero-order valence-electron chi connectivity index (χ0n) is 17.6. The van der Waals surface area contributed by atoms with Crippen LogP contribution in [-0.4, -0.2) is 46.5 Å². The third-order valence-electron chi connectivity index (χ3n) is 6.35. The number of anilines is 1. The van der Waals surface area contributed by atoms with Gasteiger partial charge in [0, 0.05) is 37.6 Å². The molecule has 8 nitrogen and oxygen atoms in total. The van der Waals surface area contributed by atoms with Crippen molar-refractivity contribution >= 4 is 21.7 Å². The van der Waals surface area contributed by atoms with Crippen LogP contribution in [0.25, 0.3) is 0 Å². The number of rotatable bonds is 4. The lowest BCUT2D eigenvalue weighted by molar-refractivity contribution is -0.122. The predicted octanol–water partition coefficient (Wildman–Crippen LogP) is 2.67. The number of nitrogens with zero attached hydrogens (tertiary/aromatic N) is 5. The van der Waals surface area contributed by atoms with Crippen LogP contribution in [0.4, 0.5) is 14.6 Å². The number of hydrogen-bond donors (Lipinski definition) is 0. The van der Waals surface area contributed by atoms with Crippen molar-refractivity contribution in [1.82, 2.24) is 19.1 Å². The maximum absolute atomic E-state index is 13.6. The Bertz CT molecular complexity index is 1280. The van der Waals surface area contributed by atoms with Crippen molar-refractivity contribution in [2.24, 2.45) is 0 Å². The van der Waals surface area contributed by atoms with Gasteiger partial charge in [-0.25, -0.2) is 21.9 Å².